The number of carboxylic acid groups (broad SMARTS) is 1. The topological polar surface area (TPSA) is 78.3 Å². The minimum atomic E-state index is -0.863. The van der Waals surface area contributed by atoms with E-state index in [1.54, 1.807) is 0 Å². The molecule has 1 aromatic rings. The van der Waals surface area contributed by atoms with Gasteiger partial charge in [0.15, 0.2) is 0 Å². The highest BCUT2D eigenvalue weighted by atomic mass is 16.4. The molecule has 0 aromatic carbocycles. The predicted octanol–water partition coefficient (Wildman–Crippen LogP) is 1.99. The first-order valence-electron chi connectivity index (χ1n) is 7.14. The van der Waals surface area contributed by atoms with Crippen LogP contribution >= 0.6 is 0 Å². The monoisotopic (exact) mass is 278 g/mol. The first-order valence-corrected chi connectivity index (χ1v) is 7.14. The van der Waals surface area contributed by atoms with Gasteiger partial charge in [-0.2, -0.15) is 0 Å². The maximum absolute atomic E-state index is 11.2. The summed E-state index contributed by atoms with van der Waals surface area (Å²) in [6.07, 6.45) is 5.11. The average Bonchev–Trinajstić information content (AvgIpc) is 2.45. The Morgan fingerprint density at radius 3 is 2.60 bits per heavy atom. The third-order valence-corrected chi connectivity index (χ3v) is 3.57. The molecule has 0 unspecified atom stereocenters. The summed E-state index contributed by atoms with van der Waals surface area (Å²) >= 11 is 0. The SMILES string of the molecule is CC(C)[C@@H](Nc1cc(N2CCCCC2)ncn1)C(=O)O. The molecule has 1 fully saturated rings. The normalized spacial score (nSPS) is 17.1. The minimum Gasteiger partial charge on any atom is -0.480 e. The Morgan fingerprint density at radius 2 is 2.00 bits per heavy atom. The van der Waals surface area contributed by atoms with Gasteiger partial charge in [-0.25, -0.2) is 14.8 Å². The lowest BCUT2D eigenvalue weighted by Crippen LogP contribution is -2.35. The zero-order chi connectivity index (χ0) is 14.5. The van der Waals surface area contributed by atoms with Crippen LogP contribution in [0.5, 0.6) is 0 Å². The van der Waals surface area contributed by atoms with Crippen molar-refractivity contribution in [2.24, 2.45) is 5.92 Å². The first kappa shape index (κ1) is 14.6. The van der Waals surface area contributed by atoms with Gasteiger partial charge in [0.1, 0.15) is 24.0 Å². The summed E-state index contributed by atoms with van der Waals surface area (Å²) in [5, 5.41) is 12.2. The second-order valence-corrected chi connectivity index (χ2v) is 5.51. The molecule has 1 aromatic heterocycles. The average molecular weight is 278 g/mol. The molecule has 0 bridgehead atoms. The van der Waals surface area contributed by atoms with Crippen LogP contribution in [-0.4, -0.2) is 40.2 Å². The molecule has 1 aliphatic heterocycles. The molecule has 1 saturated heterocycles. The second-order valence-electron chi connectivity index (χ2n) is 5.51. The van der Waals surface area contributed by atoms with E-state index in [9.17, 15) is 9.90 Å². The maximum atomic E-state index is 11.2. The van der Waals surface area contributed by atoms with E-state index >= 15 is 0 Å². The molecule has 6 heteroatoms. The van der Waals surface area contributed by atoms with Crippen molar-refractivity contribution in [1.82, 2.24) is 9.97 Å². The van der Waals surface area contributed by atoms with Crippen molar-refractivity contribution >= 4 is 17.6 Å². The fourth-order valence-corrected chi connectivity index (χ4v) is 2.39. The van der Waals surface area contributed by atoms with Gasteiger partial charge >= 0.3 is 5.97 Å². The van der Waals surface area contributed by atoms with Crippen molar-refractivity contribution in [3.8, 4) is 0 Å². The van der Waals surface area contributed by atoms with Gasteiger partial charge in [-0.3, -0.25) is 0 Å². The van der Waals surface area contributed by atoms with Crippen molar-refractivity contribution in [3.63, 3.8) is 0 Å². The van der Waals surface area contributed by atoms with Gasteiger partial charge in [-0.05, 0) is 25.2 Å². The summed E-state index contributed by atoms with van der Waals surface area (Å²) in [4.78, 5) is 21.9. The zero-order valence-electron chi connectivity index (χ0n) is 12.0. The Kier molecular flexibility index (Phi) is 4.76. The van der Waals surface area contributed by atoms with Crippen molar-refractivity contribution in [1.29, 1.82) is 0 Å². The Labute approximate surface area is 119 Å². The summed E-state index contributed by atoms with van der Waals surface area (Å²) in [7, 11) is 0. The highest BCUT2D eigenvalue weighted by Crippen LogP contribution is 2.20. The molecule has 2 rings (SSSR count). The Bertz CT molecular complexity index is 458. The summed E-state index contributed by atoms with van der Waals surface area (Å²) in [5.41, 5.74) is 0. The number of carboxylic acids is 1. The molecule has 1 atom stereocenters. The van der Waals surface area contributed by atoms with Gasteiger partial charge in [0.2, 0.25) is 0 Å². The van der Waals surface area contributed by atoms with Gasteiger partial charge in [-0.15, -0.1) is 0 Å². The van der Waals surface area contributed by atoms with Crippen LogP contribution in [0.1, 0.15) is 33.1 Å². The number of aliphatic carboxylic acids is 1. The molecule has 1 aliphatic rings. The zero-order valence-corrected chi connectivity index (χ0v) is 12.0. The third kappa shape index (κ3) is 3.59. The summed E-state index contributed by atoms with van der Waals surface area (Å²) in [5.74, 6) is 0.566. The van der Waals surface area contributed by atoms with Gasteiger partial charge in [0, 0.05) is 19.2 Å². The molecule has 0 amide bonds. The van der Waals surface area contributed by atoms with E-state index in [2.05, 4.69) is 20.2 Å². The van der Waals surface area contributed by atoms with E-state index in [1.807, 2.05) is 19.9 Å². The highest BCUT2D eigenvalue weighted by Gasteiger charge is 2.22. The van der Waals surface area contributed by atoms with Crippen molar-refractivity contribution in [2.45, 2.75) is 39.2 Å². The molecule has 2 heterocycles. The van der Waals surface area contributed by atoms with Crippen molar-refractivity contribution in [3.05, 3.63) is 12.4 Å². The number of aromatic nitrogens is 2. The van der Waals surface area contributed by atoms with Gasteiger partial charge in [0.05, 0.1) is 0 Å². The summed E-state index contributed by atoms with van der Waals surface area (Å²) in [6.45, 7) is 5.75. The van der Waals surface area contributed by atoms with Crippen LogP contribution in [0, 0.1) is 5.92 Å². The smallest absolute Gasteiger partial charge is 0.326 e. The Hall–Kier alpha value is -1.85. The molecule has 0 saturated carbocycles. The van der Waals surface area contributed by atoms with Crippen LogP contribution in [-0.2, 0) is 4.79 Å². The van der Waals surface area contributed by atoms with Crippen LogP contribution in [0.25, 0.3) is 0 Å². The first-order chi connectivity index (χ1) is 9.58. The predicted molar refractivity (Wildman–Crippen MR) is 78.0 cm³/mol. The Balaban J connectivity index is 2.10. The fraction of sp³-hybridized carbons (Fsp3) is 0.643. The molecule has 110 valence electrons. The van der Waals surface area contributed by atoms with Gasteiger partial charge < -0.3 is 15.3 Å². The number of hydrogen-bond acceptors (Lipinski definition) is 5. The molecule has 0 aliphatic carbocycles. The number of carbonyl (C=O) groups is 1. The second kappa shape index (κ2) is 6.54. The molecular formula is C14H22N4O2. The van der Waals surface area contributed by atoms with Crippen LogP contribution in [0.15, 0.2) is 12.4 Å². The summed E-state index contributed by atoms with van der Waals surface area (Å²) < 4.78 is 0. The molecule has 6 nitrogen and oxygen atoms in total. The lowest BCUT2D eigenvalue weighted by atomic mass is 10.1. The Morgan fingerprint density at radius 1 is 1.30 bits per heavy atom. The van der Waals surface area contributed by atoms with E-state index in [0.29, 0.717) is 5.82 Å². The number of piperidine rings is 1. The fourth-order valence-electron chi connectivity index (χ4n) is 2.39. The number of rotatable bonds is 5. The quantitative estimate of drug-likeness (QED) is 0.857. The van der Waals surface area contributed by atoms with Crippen molar-refractivity contribution in [2.75, 3.05) is 23.3 Å². The molecule has 2 N–H and O–H groups in total. The molecular weight excluding hydrogens is 256 g/mol. The van der Waals surface area contributed by atoms with Gasteiger partial charge in [-0.1, -0.05) is 13.8 Å². The lowest BCUT2D eigenvalue weighted by molar-refractivity contribution is -0.138. The van der Waals surface area contributed by atoms with Crippen LogP contribution in [0.3, 0.4) is 0 Å². The number of nitrogens with zero attached hydrogens (tertiary/aromatic N) is 3. The van der Waals surface area contributed by atoms with Crippen LogP contribution < -0.4 is 10.2 Å². The highest BCUT2D eigenvalue weighted by molar-refractivity contribution is 5.77. The van der Waals surface area contributed by atoms with E-state index < -0.39 is 12.0 Å². The van der Waals surface area contributed by atoms with Crippen molar-refractivity contribution < 1.29 is 9.90 Å². The summed E-state index contributed by atoms with van der Waals surface area (Å²) in [6, 6.07) is 1.20. The molecule has 20 heavy (non-hydrogen) atoms. The number of anilines is 2. The number of hydrogen-bond donors (Lipinski definition) is 2. The number of nitrogens with one attached hydrogen (secondary N) is 1. The van der Waals surface area contributed by atoms with Gasteiger partial charge in [0.25, 0.3) is 0 Å². The lowest BCUT2D eigenvalue weighted by Gasteiger charge is -2.28. The van der Waals surface area contributed by atoms with E-state index in [0.717, 1.165) is 18.9 Å². The van der Waals surface area contributed by atoms with E-state index in [1.165, 1.54) is 25.6 Å². The molecule has 0 spiro atoms. The molecule has 0 radical (unpaired) electrons. The van der Waals surface area contributed by atoms with E-state index in [-0.39, 0.29) is 5.92 Å². The standard InChI is InChI=1S/C14H22N4O2/c1-10(2)13(14(19)20)17-11-8-12(16-9-15-11)18-6-4-3-5-7-18/h8-10,13H,3-7H2,1-2H3,(H,19,20)(H,15,16,17)/t13-/m1/s1. The third-order valence-electron chi connectivity index (χ3n) is 3.57. The van der Waals surface area contributed by atoms with Crippen LogP contribution in [0.4, 0.5) is 11.6 Å². The van der Waals surface area contributed by atoms with E-state index in [4.69, 9.17) is 0 Å². The van der Waals surface area contributed by atoms with Crippen LogP contribution in [0.2, 0.25) is 0 Å². The largest absolute Gasteiger partial charge is 0.480 e. The maximum Gasteiger partial charge on any atom is 0.326 e. The minimum absolute atomic E-state index is 0.0131.